The highest BCUT2D eigenvalue weighted by molar-refractivity contribution is 5.82. The van der Waals surface area contributed by atoms with Gasteiger partial charge in [-0.15, -0.1) is 0 Å². The van der Waals surface area contributed by atoms with E-state index in [1.165, 1.54) is 0 Å². The topological polar surface area (TPSA) is 88.1 Å². The fourth-order valence-electron chi connectivity index (χ4n) is 3.74. The summed E-state index contributed by atoms with van der Waals surface area (Å²) in [4.78, 5) is 37.8. The van der Waals surface area contributed by atoms with Crippen LogP contribution in [-0.2, 0) is 39.9 Å². The van der Waals surface area contributed by atoms with Crippen molar-refractivity contribution in [2.24, 2.45) is 23.2 Å². The lowest BCUT2D eigenvalue weighted by Gasteiger charge is -2.30. The lowest BCUT2D eigenvalue weighted by Crippen LogP contribution is -2.38. The summed E-state index contributed by atoms with van der Waals surface area (Å²) < 4.78 is 22.2. The molecule has 0 bridgehead atoms. The second kappa shape index (κ2) is 13.5. The summed E-state index contributed by atoms with van der Waals surface area (Å²) in [5, 5.41) is 0. The van der Waals surface area contributed by atoms with Crippen LogP contribution in [0.25, 0.3) is 0 Å². The minimum absolute atomic E-state index is 0.00140. The van der Waals surface area contributed by atoms with Crippen LogP contribution in [0, 0.1) is 23.2 Å². The summed E-state index contributed by atoms with van der Waals surface area (Å²) in [7, 11) is 0. The molecule has 0 heterocycles. The molecule has 3 atom stereocenters. The van der Waals surface area contributed by atoms with E-state index in [9.17, 15) is 14.4 Å². The Kier molecular flexibility index (Phi) is 11.0. The first-order valence-electron chi connectivity index (χ1n) is 12.4. The Morgan fingerprint density at radius 3 is 2.12 bits per heavy atom. The fraction of sp³-hybridized carbons (Fsp3) is 0.667. The highest BCUT2D eigenvalue weighted by Gasteiger charge is 2.39. The molecular formula is C27H40O7. The standard InChI is InChI=1S/C27H40O7/c1-6-27(4,5)26(30)32-17-16-31-23(28)21-14-10-11-15-22(21)24(29)34-25(19(2)3)33-18-20-12-8-7-9-13-20/h7-9,12-13,19,21-22,25H,6,10-11,14-18H2,1-5H3. The number of rotatable bonds is 12. The molecule has 0 aromatic heterocycles. The molecule has 1 saturated carbocycles. The van der Waals surface area contributed by atoms with Crippen LogP contribution >= 0.6 is 0 Å². The highest BCUT2D eigenvalue weighted by Crippen LogP contribution is 2.33. The third-order valence-corrected chi connectivity index (χ3v) is 6.40. The Labute approximate surface area is 203 Å². The SMILES string of the molecule is CCC(C)(C)C(=O)OCCOC(=O)C1CCCCC1C(=O)OC(OCc1ccccc1)C(C)C. The van der Waals surface area contributed by atoms with E-state index in [-0.39, 0.29) is 25.1 Å². The van der Waals surface area contributed by atoms with Gasteiger partial charge in [-0.2, -0.15) is 0 Å². The van der Waals surface area contributed by atoms with Gasteiger partial charge in [0.25, 0.3) is 0 Å². The Hall–Kier alpha value is -2.41. The van der Waals surface area contributed by atoms with E-state index in [0.29, 0.717) is 25.9 Å². The first-order chi connectivity index (χ1) is 16.2. The highest BCUT2D eigenvalue weighted by atomic mass is 16.7. The van der Waals surface area contributed by atoms with Gasteiger partial charge in [0.15, 0.2) is 0 Å². The van der Waals surface area contributed by atoms with E-state index < -0.39 is 35.5 Å². The van der Waals surface area contributed by atoms with Gasteiger partial charge in [-0.05, 0) is 38.7 Å². The van der Waals surface area contributed by atoms with E-state index in [1.54, 1.807) is 0 Å². The van der Waals surface area contributed by atoms with E-state index >= 15 is 0 Å². The molecule has 7 nitrogen and oxygen atoms in total. The molecule has 0 amide bonds. The van der Waals surface area contributed by atoms with Crippen molar-refractivity contribution in [2.45, 2.75) is 79.6 Å². The first kappa shape index (κ1) is 27.8. The van der Waals surface area contributed by atoms with E-state index in [0.717, 1.165) is 18.4 Å². The summed E-state index contributed by atoms with van der Waals surface area (Å²) >= 11 is 0. The molecule has 0 radical (unpaired) electrons. The number of esters is 3. The van der Waals surface area contributed by atoms with E-state index in [1.807, 2.05) is 65.0 Å². The maximum Gasteiger partial charge on any atom is 0.312 e. The van der Waals surface area contributed by atoms with Crippen LogP contribution in [0.1, 0.15) is 72.3 Å². The Morgan fingerprint density at radius 2 is 1.53 bits per heavy atom. The average molecular weight is 477 g/mol. The summed E-state index contributed by atoms with van der Waals surface area (Å²) in [5.74, 6) is -2.36. The summed E-state index contributed by atoms with van der Waals surface area (Å²) in [6.45, 7) is 9.70. The van der Waals surface area contributed by atoms with Crippen LogP contribution in [0.5, 0.6) is 0 Å². The van der Waals surface area contributed by atoms with Gasteiger partial charge in [-0.1, -0.05) is 63.9 Å². The van der Waals surface area contributed by atoms with Gasteiger partial charge in [-0.3, -0.25) is 14.4 Å². The number of hydrogen-bond acceptors (Lipinski definition) is 7. The molecule has 1 fully saturated rings. The zero-order valence-electron chi connectivity index (χ0n) is 21.2. The average Bonchev–Trinajstić information content (AvgIpc) is 2.84. The third-order valence-electron chi connectivity index (χ3n) is 6.40. The van der Waals surface area contributed by atoms with Crippen molar-refractivity contribution in [1.82, 2.24) is 0 Å². The van der Waals surface area contributed by atoms with Gasteiger partial charge in [-0.25, -0.2) is 0 Å². The largest absolute Gasteiger partial charge is 0.462 e. The zero-order chi connectivity index (χ0) is 25.1. The summed E-state index contributed by atoms with van der Waals surface area (Å²) in [6, 6.07) is 9.69. The maximum absolute atomic E-state index is 13.0. The number of benzene rings is 1. The van der Waals surface area contributed by atoms with Crippen molar-refractivity contribution in [3.63, 3.8) is 0 Å². The lowest BCUT2D eigenvalue weighted by atomic mass is 9.79. The van der Waals surface area contributed by atoms with Crippen molar-refractivity contribution in [2.75, 3.05) is 13.2 Å². The maximum atomic E-state index is 13.0. The molecule has 1 aliphatic carbocycles. The molecule has 1 aliphatic rings. The molecule has 2 rings (SSSR count). The number of carbonyl (C=O) groups is 3. The Morgan fingerprint density at radius 1 is 0.941 bits per heavy atom. The molecule has 1 aromatic carbocycles. The molecule has 0 N–H and O–H groups in total. The van der Waals surface area contributed by atoms with Crippen LogP contribution in [-0.4, -0.2) is 37.4 Å². The molecule has 0 saturated heterocycles. The molecule has 34 heavy (non-hydrogen) atoms. The molecule has 190 valence electrons. The Balaban J connectivity index is 1.88. The van der Waals surface area contributed by atoms with Crippen molar-refractivity contribution in [3.05, 3.63) is 35.9 Å². The number of ether oxygens (including phenoxy) is 4. The minimum atomic E-state index is -0.701. The van der Waals surface area contributed by atoms with Crippen molar-refractivity contribution >= 4 is 17.9 Å². The molecular weight excluding hydrogens is 436 g/mol. The van der Waals surface area contributed by atoms with Crippen LogP contribution in [0.3, 0.4) is 0 Å². The number of carbonyl (C=O) groups excluding carboxylic acids is 3. The second-order valence-corrected chi connectivity index (χ2v) is 9.88. The predicted octanol–water partition coefficient (Wildman–Crippen LogP) is 5.06. The van der Waals surface area contributed by atoms with Crippen molar-refractivity contribution in [3.8, 4) is 0 Å². The van der Waals surface area contributed by atoms with E-state index in [4.69, 9.17) is 18.9 Å². The lowest BCUT2D eigenvalue weighted by molar-refractivity contribution is -0.200. The van der Waals surface area contributed by atoms with Gasteiger partial charge < -0.3 is 18.9 Å². The predicted molar refractivity (Wildman–Crippen MR) is 127 cm³/mol. The van der Waals surface area contributed by atoms with Gasteiger partial charge in [0.1, 0.15) is 13.2 Å². The molecule has 0 aliphatic heterocycles. The van der Waals surface area contributed by atoms with E-state index in [2.05, 4.69) is 0 Å². The van der Waals surface area contributed by atoms with Gasteiger partial charge >= 0.3 is 17.9 Å². The number of hydrogen-bond donors (Lipinski definition) is 0. The molecule has 1 aromatic rings. The van der Waals surface area contributed by atoms with Crippen LogP contribution in [0.4, 0.5) is 0 Å². The fourth-order valence-corrected chi connectivity index (χ4v) is 3.74. The van der Waals surface area contributed by atoms with Crippen LogP contribution < -0.4 is 0 Å². The second-order valence-electron chi connectivity index (χ2n) is 9.88. The Bertz CT molecular complexity index is 787. The first-order valence-corrected chi connectivity index (χ1v) is 12.4. The monoisotopic (exact) mass is 476 g/mol. The van der Waals surface area contributed by atoms with Crippen molar-refractivity contribution < 1.29 is 33.3 Å². The zero-order valence-corrected chi connectivity index (χ0v) is 21.2. The summed E-state index contributed by atoms with van der Waals surface area (Å²) in [5.41, 5.74) is 0.420. The van der Waals surface area contributed by atoms with Gasteiger partial charge in [0, 0.05) is 5.92 Å². The van der Waals surface area contributed by atoms with Crippen molar-refractivity contribution in [1.29, 1.82) is 0 Å². The summed E-state index contributed by atoms with van der Waals surface area (Å²) in [6.07, 6.45) is 2.79. The molecule has 7 heteroatoms. The molecule has 0 spiro atoms. The minimum Gasteiger partial charge on any atom is -0.462 e. The smallest absolute Gasteiger partial charge is 0.312 e. The van der Waals surface area contributed by atoms with Gasteiger partial charge in [0.2, 0.25) is 6.29 Å². The quantitative estimate of drug-likeness (QED) is 0.180. The van der Waals surface area contributed by atoms with Gasteiger partial charge in [0.05, 0.1) is 23.9 Å². The van der Waals surface area contributed by atoms with Crippen LogP contribution in [0.15, 0.2) is 30.3 Å². The van der Waals surface area contributed by atoms with Crippen LogP contribution in [0.2, 0.25) is 0 Å². The molecule has 3 unspecified atom stereocenters. The normalized spacial score (nSPS) is 19.4. The third kappa shape index (κ3) is 8.42.